The van der Waals surface area contributed by atoms with E-state index in [2.05, 4.69) is 29.1 Å². The Labute approximate surface area is 216 Å². The molecule has 2 aromatic carbocycles. The maximum absolute atomic E-state index is 14.4. The van der Waals surface area contributed by atoms with E-state index in [4.69, 9.17) is 4.36 Å². The van der Waals surface area contributed by atoms with Gasteiger partial charge in [0.15, 0.2) is 11.6 Å². The van der Waals surface area contributed by atoms with Crippen LogP contribution in [0.2, 0.25) is 0 Å². The molecule has 2 N–H and O–H groups in total. The first kappa shape index (κ1) is 25.6. The summed E-state index contributed by atoms with van der Waals surface area (Å²) in [6.45, 7) is 2.17. The van der Waals surface area contributed by atoms with E-state index in [0.717, 1.165) is 37.8 Å². The first-order valence-electron chi connectivity index (χ1n) is 12.8. The number of aryl methyl sites for hydroxylation is 2. The molecule has 0 radical (unpaired) electrons. The Balaban J connectivity index is 1.43. The Hall–Kier alpha value is -3.04. The van der Waals surface area contributed by atoms with Gasteiger partial charge in [0.2, 0.25) is 0 Å². The number of rotatable bonds is 7. The molecule has 1 aliphatic carbocycles. The van der Waals surface area contributed by atoms with Gasteiger partial charge in [-0.05, 0) is 62.1 Å². The van der Waals surface area contributed by atoms with Gasteiger partial charge in [0, 0.05) is 36.6 Å². The van der Waals surface area contributed by atoms with Gasteiger partial charge in [0.1, 0.15) is 15.6 Å². The molecule has 3 atom stereocenters. The van der Waals surface area contributed by atoms with E-state index in [-0.39, 0.29) is 23.7 Å². The van der Waals surface area contributed by atoms with Crippen molar-refractivity contribution in [1.82, 2.24) is 9.29 Å². The molecule has 2 aliphatic rings. The van der Waals surface area contributed by atoms with Crippen LogP contribution in [0.1, 0.15) is 54.2 Å². The molecule has 1 fully saturated rings. The topological polar surface area (TPSA) is 75.5 Å². The van der Waals surface area contributed by atoms with Gasteiger partial charge in [-0.3, -0.25) is 4.79 Å². The first-order chi connectivity index (χ1) is 17.7. The summed E-state index contributed by atoms with van der Waals surface area (Å²) >= 11 is 0. The molecule has 9 heteroatoms. The van der Waals surface area contributed by atoms with Gasteiger partial charge in [-0.25, -0.2) is 22.1 Å². The lowest BCUT2D eigenvalue weighted by Gasteiger charge is -2.25. The summed E-state index contributed by atoms with van der Waals surface area (Å²) in [5.41, 5.74) is 2.48. The summed E-state index contributed by atoms with van der Waals surface area (Å²) in [4.78, 5) is 13.9. The van der Waals surface area contributed by atoms with Gasteiger partial charge in [-0.1, -0.05) is 37.3 Å². The average molecular weight is 527 g/mol. The van der Waals surface area contributed by atoms with Crippen molar-refractivity contribution in [1.29, 1.82) is 0 Å². The molecular formula is C28H32F2N4O2S. The number of fused-ring (bicyclic) bond motifs is 1. The van der Waals surface area contributed by atoms with Gasteiger partial charge in [0.05, 0.1) is 10.9 Å². The van der Waals surface area contributed by atoms with Gasteiger partial charge >= 0.3 is 0 Å². The summed E-state index contributed by atoms with van der Waals surface area (Å²) < 4.78 is 51.3. The summed E-state index contributed by atoms with van der Waals surface area (Å²) in [5, 5.41) is 2.67. The minimum Gasteiger partial charge on any atom is -0.345 e. The minimum atomic E-state index is -2.96. The Morgan fingerprint density at radius 3 is 2.62 bits per heavy atom. The van der Waals surface area contributed by atoms with E-state index >= 15 is 0 Å². The number of benzene rings is 2. The maximum Gasteiger partial charge on any atom is 0.272 e. The van der Waals surface area contributed by atoms with Crippen molar-refractivity contribution < 1.29 is 17.8 Å². The molecule has 2 heterocycles. The Kier molecular flexibility index (Phi) is 7.18. The first-order valence-corrected chi connectivity index (χ1v) is 14.3. The third kappa shape index (κ3) is 5.62. The Morgan fingerprint density at radius 1 is 1.16 bits per heavy atom. The second-order valence-corrected chi connectivity index (χ2v) is 12.1. The normalized spacial score (nSPS) is 22.1. The molecular weight excluding hydrogens is 494 g/mol. The fraction of sp³-hybridized carbons (Fsp3) is 0.393. The Morgan fingerprint density at radius 2 is 1.92 bits per heavy atom. The third-order valence-electron chi connectivity index (χ3n) is 7.22. The summed E-state index contributed by atoms with van der Waals surface area (Å²) in [6.07, 6.45) is 6.68. The largest absolute Gasteiger partial charge is 0.345 e. The van der Waals surface area contributed by atoms with Crippen LogP contribution in [-0.2, 0) is 29.8 Å². The minimum absolute atomic E-state index is 0.0291. The molecule has 1 saturated carbocycles. The molecule has 1 aromatic heterocycles. The van der Waals surface area contributed by atoms with Crippen molar-refractivity contribution in [3.63, 3.8) is 0 Å². The zero-order chi connectivity index (χ0) is 26.2. The molecule has 6 nitrogen and oxygen atoms in total. The molecule has 0 spiro atoms. The van der Waals surface area contributed by atoms with Crippen LogP contribution in [0.25, 0.3) is 0 Å². The number of hydrogen-bond acceptors (Lipinski definition) is 3. The number of carbonyl (C=O) groups is 1. The molecule has 5 rings (SSSR count). The molecule has 196 valence electrons. The van der Waals surface area contributed by atoms with Crippen molar-refractivity contribution in [3.05, 3.63) is 83.2 Å². The number of hydrogen-bond donors (Lipinski definition) is 2. The van der Waals surface area contributed by atoms with Crippen molar-refractivity contribution in [3.8, 4) is 0 Å². The number of aromatic nitrogens is 1. The van der Waals surface area contributed by atoms with Crippen LogP contribution in [0.5, 0.6) is 0 Å². The summed E-state index contributed by atoms with van der Waals surface area (Å²) in [5.74, 6) is -2.23. The predicted octanol–water partition coefficient (Wildman–Crippen LogP) is 5.63. The van der Waals surface area contributed by atoms with Crippen LogP contribution in [0.3, 0.4) is 0 Å². The fourth-order valence-electron chi connectivity index (χ4n) is 4.93. The zero-order valence-corrected chi connectivity index (χ0v) is 21.9. The Bertz CT molecular complexity index is 1430. The van der Waals surface area contributed by atoms with E-state index in [0.29, 0.717) is 29.0 Å². The van der Waals surface area contributed by atoms with Crippen molar-refractivity contribution >= 4 is 21.5 Å². The lowest BCUT2D eigenvalue weighted by molar-refractivity contribution is 0.101. The quantitative estimate of drug-likeness (QED) is 0.419. The molecule has 37 heavy (non-hydrogen) atoms. The highest BCUT2D eigenvalue weighted by Gasteiger charge is 2.35. The van der Waals surface area contributed by atoms with Crippen molar-refractivity contribution in [2.45, 2.75) is 62.4 Å². The lowest BCUT2D eigenvalue weighted by atomic mass is 9.91. The highest BCUT2D eigenvalue weighted by Crippen LogP contribution is 2.34. The monoisotopic (exact) mass is 526 g/mol. The van der Waals surface area contributed by atoms with Gasteiger partial charge in [-0.15, -0.1) is 0 Å². The molecule has 3 unspecified atom stereocenters. The van der Waals surface area contributed by atoms with Crippen LogP contribution >= 0.6 is 0 Å². The van der Waals surface area contributed by atoms with E-state index in [1.807, 2.05) is 18.2 Å². The molecule has 3 aromatic rings. The number of nitrogens with zero attached hydrogens (tertiary/aromatic N) is 2. The molecule has 0 bridgehead atoms. The standard InChI is InChI=1S/C28H32F2N4O2S/c1-18(8-9-19-6-4-3-5-7-19)25-15-13-22-26(37(36,33-25)32-20-10-11-20)17-34(2)27(22)28(35)31-21-12-14-23(29)24(30)16-21/h3-7,12,14,16-18,20,25H,8-11,13,15H2,1-2H3,(H,31,35)(H,32,33,36). The summed E-state index contributed by atoms with van der Waals surface area (Å²) in [6, 6.07) is 13.6. The van der Waals surface area contributed by atoms with E-state index in [9.17, 15) is 17.8 Å². The van der Waals surface area contributed by atoms with E-state index in [1.54, 1.807) is 17.8 Å². The predicted molar refractivity (Wildman–Crippen MR) is 141 cm³/mol. The van der Waals surface area contributed by atoms with Crippen LogP contribution in [0, 0.1) is 17.6 Å². The van der Waals surface area contributed by atoms with Gasteiger partial charge in [-0.2, -0.15) is 0 Å². The highest BCUT2D eigenvalue weighted by atomic mass is 32.2. The van der Waals surface area contributed by atoms with E-state index in [1.165, 1.54) is 11.6 Å². The van der Waals surface area contributed by atoms with Crippen LogP contribution in [-0.4, -0.2) is 26.8 Å². The number of anilines is 1. The number of carbonyl (C=O) groups excluding carboxylic acids is 1. The van der Waals surface area contributed by atoms with Crippen LogP contribution < -0.4 is 10.0 Å². The third-order valence-corrected chi connectivity index (χ3v) is 9.38. The van der Waals surface area contributed by atoms with Crippen LogP contribution in [0.15, 0.2) is 64.0 Å². The fourth-order valence-corrected chi connectivity index (χ4v) is 7.46. The van der Waals surface area contributed by atoms with Crippen LogP contribution in [0.4, 0.5) is 14.5 Å². The second-order valence-electron chi connectivity index (χ2n) is 10.1. The van der Waals surface area contributed by atoms with Gasteiger partial charge in [0.25, 0.3) is 5.91 Å². The number of nitrogens with one attached hydrogen (secondary N) is 2. The summed E-state index contributed by atoms with van der Waals surface area (Å²) in [7, 11) is -1.23. The lowest BCUT2D eigenvalue weighted by Crippen LogP contribution is -2.38. The van der Waals surface area contributed by atoms with Gasteiger partial charge < -0.3 is 9.88 Å². The number of halogens is 2. The molecule has 0 saturated heterocycles. The SMILES string of the molecule is CC(CCc1ccccc1)C1CCc2c(cn(C)c2C(=O)Nc2ccc(F)c(F)c2)S(=O)(=NC2CC2)N1. The average Bonchev–Trinajstić information content (AvgIpc) is 3.63. The van der Waals surface area contributed by atoms with Crippen molar-refractivity contribution in [2.75, 3.05) is 5.32 Å². The number of amides is 1. The maximum atomic E-state index is 14.4. The second kappa shape index (κ2) is 10.4. The molecule has 1 aliphatic heterocycles. The highest BCUT2D eigenvalue weighted by molar-refractivity contribution is 7.91. The zero-order valence-electron chi connectivity index (χ0n) is 21.0. The molecule has 1 amide bonds. The van der Waals surface area contributed by atoms with E-state index < -0.39 is 27.5 Å². The van der Waals surface area contributed by atoms with Crippen molar-refractivity contribution in [2.24, 2.45) is 17.3 Å². The smallest absolute Gasteiger partial charge is 0.272 e.